The Morgan fingerprint density at radius 3 is 2.42 bits per heavy atom. The predicted octanol–water partition coefficient (Wildman–Crippen LogP) is 4.34. The fourth-order valence-corrected chi connectivity index (χ4v) is 3.18. The van der Waals surface area contributed by atoms with E-state index in [-0.39, 0.29) is 5.82 Å². The van der Waals surface area contributed by atoms with Gasteiger partial charge in [0.15, 0.2) is 0 Å². The Labute approximate surface area is 118 Å². The Kier molecular flexibility index (Phi) is 5.11. The Morgan fingerprint density at radius 2 is 1.84 bits per heavy atom. The number of rotatable bonds is 6. The van der Waals surface area contributed by atoms with Gasteiger partial charge in [-0.15, -0.1) is 11.3 Å². The fraction of sp³-hybridized carbons (Fsp3) is 0.375. The van der Waals surface area contributed by atoms with Crippen LogP contribution in [-0.2, 0) is 12.8 Å². The Balaban J connectivity index is 2.13. The van der Waals surface area contributed by atoms with E-state index in [9.17, 15) is 4.39 Å². The third-order valence-corrected chi connectivity index (χ3v) is 4.52. The molecule has 3 heteroatoms. The molecule has 1 N–H and O–H groups in total. The van der Waals surface area contributed by atoms with Crippen LogP contribution in [0, 0.1) is 5.82 Å². The fourth-order valence-electron chi connectivity index (χ4n) is 2.15. The van der Waals surface area contributed by atoms with E-state index in [0.29, 0.717) is 6.04 Å². The lowest BCUT2D eigenvalue weighted by Crippen LogP contribution is -2.22. The molecule has 102 valence electrons. The summed E-state index contributed by atoms with van der Waals surface area (Å²) in [5.74, 6) is -0.173. The van der Waals surface area contributed by atoms with Gasteiger partial charge >= 0.3 is 0 Å². The van der Waals surface area contributed by atoms with Crippen molar-refractivity contribution < 1.29 is 4.39 Å². The summed E-state index contributed by atoms with van der Waals surface area (Å²) in [6, 6.07) is 11.5. The minimum atomic E-state index is -0.173. The van der Waals surface area contributed by atoms with Crippen molar-refractivity contribution >= 4 is 11.3 Å². The van der Waals surface area contributed by atoms with E-state index in [0.717, 1.165) is 19.4 Å². The second-order valence-corrected chi connectivity index (χ2v) is 5.80. The Morgan fingerprint density at radius 1 is 1.11 bits per heavy atom. The number of nitrogens with one attached hydrogen (secondary N) is 1. The zero-order valence-corrected chi connectivity index (χ0v) is 12.3. The maximum Gasteiger partial charge on any atom is 0.123 e. The van der Waals surface area contributed by atoms with Crippen molar-refractivity contribution in [2.75, 3.05) is 6.54 Å². The smallest absolute Gasteiger partial charge is 0.123 e. The van der Waals surface area contributed by atoms with E-state index in [1.54, 1.807) is 0 Å². The molecule has 1 heterocycles. The summed E-state index contributed by atoms with van der Waals surface area (Å²) in [6.45, 7) is 5.23. The van der Waals surface area contributed by atoms with Crippen LogP contribution >= 0.6 is 11.3 Å². The number of halogens is 1. The first-order valence-corrected chi connectivity index (χ1v) is 7.61. The summed E-state index contributed by atoms with van der Waals surface area (Å²) >= 11 is 1.87. The molecule has 2 rings (SSSR count). The number of thiophene rings is 1. The minimum Gasteiger partial charge on any atom is -0.309 e. The summed E-state index contributed by atoms with van der Waals surface area (Å²) < 4.78 is 12.9. The average Bonchev–Trinajstić information content (AvgIpc) is 2.89. The summed E-state index contributed by atoms with van der Waals surface area (Å²) in [5.41, 5.74) is 1.17. The Bertz CT molecular complexity index is 504. The van der Waals surface area contributed by atoms with Crippen molar-refractivity contribution in [1.82, 2.24) is 5.32 Å². The first kappa shape index (κ1) is 14.2. The van der Waals surface area contributed by atoms with Crippen LogP contribution in [0.2, 0.25) is 0 Å². The van der Waals surface area contributed by atoms with Gasteiger partial charge in [0, 0.05) is 15.8 Å². The van der Waals surface area contributed by atoms with Gasteiger partial charge in [-0.2, -0.15) is 0 Å². The molecule has 0 bridgehead atoms. The number of hydrogen-bond acceptors (Lipinski definition) is 2. The zero-order valence-electron chi connectivity index (χ0n) is 11.4. The Hall–Kier alpha value is -1.19. The molecule has 0 radical (unpaired) electrons. The molecule has 19 heavy (non-hydrogen) atoms. The van der Waals surface area contributed by atoms with Gasteiger partial charge < -0.3 is 5.32 Å². The molecular formula is C16H20FNS. The van der Waals surface area contributed by atoms with E-state index >= 15 is 0 Å². The molecule has 0 saturated carbocycles. The monoisotopic (exact) mass is 277 g/mol. The standard InChI is InChI=1S/C16H20FNS/c1-3-14-9-10-16(19-14)15(18-4-2)11-12-5-7-13(17)8-6-12/h5-10,15,18H,3-4,11H2,1-2H3. The molecule has 1 aromatic carbocycles. The molecule has 1 atom stereocenters. The van der Waals surface area contributed by atoms with E-state index in [1.807, 2.05) is 23.5 Å². The number of hydrogen-bond donors (Lipinski definition) is 1. The molecular weight excluding hydrogens is 257 g/mol. The largest absolute Gasteiger partial charge is 0.309 e. The first-order chi connectivity index (χ1) is 9.22. The van der Waals surface area contributed by atoms with Gasteiger partial charge in [-0.05, 0) is 49.2 Å². The van der Waals surface area contributed by atoms with Gasteiger partial charge in [0.2, 0.25) is 0 Å². The summed E-state index contributed by atoms with van der Waals surface area (Å²) in [5, 5.41) is 3.52. The van der Waals surface area contributed by atoms with Gasteiger partial charge in [0.25, 0.3) is 0 Å². The van der Waals surface area contributed by atoms with Crippen molar-refractivity contribution in [2.24, 2.45) is 0 Å². The highest BCUT2D eigenvalue weighted by Gasteiger charge is 2.13. The van der Waals surface area contributed by atoms with Gasteiger partial charge in [0.1, 0.15) is 5.82 Å². The number of likely N-dealkylation sites (N-methyl/N-ethyl adjacent to an activating group) is 1. The van der Waals surface area contributed by atoms with Crippen molar-refractivity contribution in [3.05, 3.63) is 57.5 Å². The molecule has 1 nitrogen and oxygen atoms in total. The summed E-state index contributed by atoms with van der Waals surface area (Å²) in [6.07, 6.45) is 1.98. The molecule has 1 aromatic heterocycles. The predicted molar refractivity (Wildman–Crippen MR) is 80.2 cm³/mol. The molecule has 0 fully saturated rings. The lowest BCUT2D eigenvalue weighted by atomic mass is 10.0. The maximum atomic E-state index is 12.9. The molecule has 1 unspecified atom stereocenters. The highest BCUT2D eigenvalue weighted by atomic mass is 32.1. The van der Waals surface area contributed by atoms with Crippen LogP contribution in [0.25, 0.3) is 0 Å². The molecule has 0 aliphatic carbocycles. The second kappa shape index (κ2) is 6.83. The molecule has 0 spiro atoms. The van der Waals surface area contributed by atoms with Crippen molar-refractivity contribution in [3.8, 4) is 0 Å². The number of aryl methyl sites for hydroxylation is 1. The van der Waals surface area contributed by atoms with Crippen LogP contribution in [0.3, 0.4) is 0 Å². The minimum absolute atomic E-state index is 0.173. The van der Waals surface area contributed by atoms with Crippen LogP contribution in [-0.4, -0.2) is 6.54 Å². The summed E-state index contributed by atoms with van der Waals surface area (Å²) in [7, 11) is 0. The molecule has 0 aliphatic heterocycles. The van der Waals surface area contributed by atoms with Crippen molar-refractivity contribution in [1.29, 1.82) is 0 Å². The summed E-state index contributed by atoms with van der Waals surface area (Å²) in [4.78, 5) is 2.78. The van der Waals surface area contributed by atoms with Crippen LogP contribution in [0.5, 0.6) is 0 Å². The lowest BCUT2D eigenvalue weighted by Gasteiger charge is -2.16. The molecule has 0 aliphatic rings. The van der Waals surface area contributed by atoms with Crippen molar-refractivity contribution in [2.45, 2.75) is 32.7 Å². The van der Waals surface area contributed by atoms with Gasteiger partial charge in [-0.3, -0.25) is 0 Å². The van der Waals surface area contributed by atoms with E-state index in [4.69, 9.17) is 0 Å². The highest BCUT2D eigenvalue weighted by Crippen LogP contribution is 2.26. The molecule has 0 amide bonds. The lowest BCUT2D eigenvalue weighted by molar-refractivity contribution is 0.557. The topological polar surface area (TPSA) is 12.0 Å². The van der Waals surface area contributed by atoms with Crippen LogP contribution in [0.15, 0.2) is 36.4 Å². The molecule has 0 saturated heterocycles. The maximum absolute atomic E-state index is 12.9. The third-order valence-electron chi connectivity index (χ3n) is 3.18. The second-order valence-electron chi connectivity index (χ2n) is 4.60. The van der Waals surface area contributed by atoms with Crippen LogP contribution < -0.4 is 5.32 Å². The average molecular weight is 277 g/mol. The zero-order chi connectivity index (χ0) is 13.7. The van der Waals surface area contributed by atoms with Gasteiger partial charge in [-0.1, -0.05) is 26.0 Å². The third kappa shape index (κ3) is 3.88. The SMILES string of the molecule is CCNC(Cc1ccc(F)cc1)c1ccc(CC)s1. The first-order valence-electron chi connectivity index (χ1n) is 6.79. The van der Waals surface area contributed by atoms with Crippen LogP contribution in [0.1, 0.15) is 35.2 Å². The normalized spacial score (nSPS) is 12.6. The van der Waals surface area contributed by atoms with Gasteiger partial charge in [-0.25, -0.2) is 4.39 Å². The van der Waals surface area contributed by atoms with Gasteiger partial charge in [0.05, 0.1) is 0 Å². The van der Waals surface area contributed by atoms with E-state index < -0.39 is 0 Å². The molecule has 2 aromatic rings. The highest BCUT2D eigenvalue weighted by molar-refractivity contribution is 7.12. The number of benzene rings is 1. The van der Waals surface area contributed by atoms with E-state index in [2.05, 4.69) is 31.3 Å². The van der Waals surface area contributed by atoms with Crippen LogP contribution in [0.4, 0.5) is 4.39 Å². The van der Waals surface area contributed by atoms with Crippen molar-refractivity contribution in [3.63, 3.8) is 0 Å². The van der Waals surface area contributed by atoms with E-state index in [1.165, 1.54) is 27.5 Å². The quantitative estimate of drug-likeness (QED) is 0.828.